The monoisotopic (exact) mass is 286 g/mol. The summed E-state index contributed by atoms with van der Waals surface area (Å²) in [5.74, 6) is 1.06. The van der Waals surface area contributed by atoms with Crippen LogP contribution in [-0.2, 0) is 11.2 Å². The van der Waals surface area contributed by atoms with E-state index >= 15 is 0 Å². The van der Waals surface area contributed by atoms with Gasteiger partial charge in [0.1, 0.15) is 0 Å². The van der Waals surface area contributed by atoms with Crippen LogP contribution in [0.2, 0.25) is 0 Å². The van der Waals surface area contributed by atoms with Gasteiger partial charge in [-0.25, -0.2) is 0 Å². The van der Waals surface area contributed by atoms with E-state index in [-0.39, 0.29) is 5.91 Å². The minimum absolute atomic E-state index is 0.284. The number of hydrogen-bond donors (Lipinski definition) is 1. The highest BCUT2D eigenvalue weighted by Crippen LogP contribution is 2.33. The molecular formula is C18H26N2O. The Labute approximate surface area is 127 Å². The summed E-state index contributed by atoms with van der Waals surface area (Å²) in [5, 5.41) is 0. The van der Waals surface area contributed by atoms with E-state index in [2.05, 4.69) is 0 Å². The number of carbonyl (C=O) groups excluding carboxylic acids is 1. The second-order valence-corrected chi connectivity index (χ2v) is 6.54. The molecule has 1 aromatic carbocycles. The molecule has 2 N–H and O–H groups in total. The first-order valence-electron chi connectivity index (χ1n) is 8.43. The van der Waals surface area contributed by atoms with Crippen molar-refractivity contribution in [3.8, 4) is 0 Å². The molecule has 114 valence electrons. The van der Waals surface area contributed by atoms with Crippen molar-refractivity contribution in [3.05, 3.63) is 23.8 Å². The van der Waals surface area contributed by atoms with Crippen molar-refractivity contribution in [1.29, 1.82) is 0 Å². The fourth-order valence-corrected chi connectivity index (χ4v) is 3.85. The number of anilines is 2. The van der Waals surface area contributed by atoms with Gasteiger partial charge in [-0.15, -0.1) is 0 Å². The molecule has 1 aliphatic heterocycles. The largest absolute Gasteiger partial charge is 0.398 e. The maximum absolute atomic E-state index is 12.6. The molecule has 0 saturated heterocycles. The molecular weight excluding hydrogens is 260 g/mol. The molecule has 3 heteroatoms. The third-order valence-electron chi connectivity index (χ3n) is 5.08. The van der Waals surface area contributed by atoms with Crippen molar-refractivity contribution in [3.63, 3.8) is 0 Å². The highest BCUT2D eigenvalue weighted by Gasteiger charge is 2.24. The number of carbonyl (C=O) groups is 1. The predicted octanol–water partition coefficient (Wildman–Crippen LogP) is 3.91. The van der Waals surface area contributed by atoms with Gasteiger partial charge in [0.25, 0.3) is 0 Å². The minimum Gasteiger partial charge on any atom is -0.398 e. The molecule has 1 aliphatic carbocycles. The Morgan fingerprint density at radius 1 is 1.19 bits per heavy atom. The summed E-state index contributed by atoms with van der Waals surface area (Å²) in [5.41, 5.74) is 9.10. The van der Waals surface area contributed by atoms with Gasteiger partial charge in [0.05, 0.1) is 0 Å². The molecule has 2 aliphatic rings. The fraction of sp³-hybridized carbons (Fsp3) is 0.611. The topological polar surface area (TPSA) is 46.3 Å². The molecule has 0 spiro atoms. The quantitative estimate of drug-likeness (QED) is 0.856. The van der Waals surface area contributed by atoms with E-state index in [1.165, 1.54) is 32.1 Å². The van der Waals surface area contributed by atoms with Gasteiger partial charge in [-0.3, -0.25) is 4.79 Å². The zero-order chi connectivity index (χ0) is 14.7. The lowest BCUT2D eigenvalue weighted by atomic mass is 9.86. The molecule has 0 unspecified atom stereocenters. The summed E-state index contributed by atoms with van der Waals surface area (Å²) in [6.07, 6.45) is 10.5. The molecule has 3 rings (SSSR count). The Bertz CT molecular complexity index is 506. The second-order valence-electron chi connectivity index (χ2n) is 6.54. The lowest BCUT2D eigenvalue weighted by molar-refractivity contribution is -0.119. The summed E-state index contributed by atoms with van der Waals surface area (Å²) >= 11 is 0. The first-order valence-corrected chi connectivity index (χ1v) is 8.43. The van der Waals surface area contributed by atoms with Crippen LogP contribution in [0.5, 0.6) is 0 Å². The number of rotatable bonds is 3. The fourth-order valence-electron chi connectivity index (χ4n) is 3.85. The minimum atomic E-state index is 0.284. The van der Waals surface area contributed by atoms with Gasteiger partial charge in [0.15, 0.2) is 0 Å². The molecule has 3 nitrogen and oxygen atoms in total. The Hall–Kier alpha value is -1.51. The van der Waals surface area contributed by atoms with Crippen molar-refractivity contribution in [1.82, 2.24) is 0 Å². The standard InChI is InChI=1S/C18H26N2O/c19-16-9-4-10-17-15(16)8-5-13-20(17)18(21)12-11-14-6-2-1-3-7-14/h4,9-10,14H,1-3,5-8,11-13,19H2. The van der Waals surface area contributed by atoms with Crippen LogP contribution in [0.1, 0.15) is 56.9 Å². The summed E-state index contributed by atoms with van der Waals surface area (Å²) in [7, 11) is 0. The maximum Gasteiger partial charge on any atom is 0.226 e. The molecule has 1 fully saturated rings. The number of fused-ring (bicyclic) bond motifs is 1. The van der Waals surface area contributed by atoms with Gasteiger partial charge in [-0.2, -0.15) is 0 Å². The predicted molar refractivity (Wildman–Crippen MR) is 87.3 cm³/mol. The van der Waals surface area contributed by atoms with Crippen LogP contribution in [0.3, 0.4) is 0 Å². The van der Waals surface area contributed by atoms with Crippen LogP contribution in [0.4, 0.5) is 11.4 Å². The van der Waals surface area contributed by atoms with Gasteiger partial charge >= 0.3 is 0 Å². The van der Waals surface area contributed by atoms with Crippen LogP contribution < -0.4 is 10.6 Å². The molecule has 0 bridgehead atoms. The normalized spacial score (nSPS) is 19.3. The van der Waals surface area contributed by atoms with E-state index in [4.69, 9.17) is 5.73 Å². The molecule has 0 aromatic heterocycles. The number of nitrogens with zero attached hydrogens (tertiary/aromatic N) is 1. The molecule has 1 heterocycles. The highest BCUT2D eigenvalue weighted by molar-refractivity contribution is 5.95. The van der Waals surface area contributed by atoms with E-state index in [1.54, 1.807) is 0 Å². The van der Waals surface area contributed by atoms with Gasteiger partial charge in [0, 0.05) is 24.3 Å². The van der Waals surface area contributed by atoms with Crippen LogP contribution in [-0.4, -0.2) is 12.5 Å². The smallest absolute Gasteiger partial charge is 0.226 e. The van der Waals surface area contributed by atoms with Crippen LogP contribution in [0.15, 0.2) is 18.2 Å². The number of nitrogens with two attached hydrogens (primary N) is 1. The van der Waals surface area contributed by atoms with E-state index in [0.29, 0.717) is 6.42 Å². The van der Waals surface area contributed by atoms with Crippen molar-refractivity contribution < 1.29 is 4.79 Å². The van der Waals surface area contributed by atoms with E-state index in [9.17, 15) is 4.79 Å². The lowest BCUT2D eigenvalue weighted by Gasteiger charge is -2.31. The van der Waals surface area contributed by atoms with Crippen LogP contribution in [0, 0.1) is 5.92 Å². The average molecular weight is 286 g/mol. The number of nitrogen functional groups attached to an aromatic ring is 1. The molecule has 1 saturated carbocycles. The number of hydrogen-bond acceptors (Lipinski definition) is 2. The van der Waals surface area contributed by atoms with E-state index < -0.39 is 0 Å². The second kappa shape index (κ2) is 6.50. The van der Waals surface area contributed by atoms with Gasteiger partial charge < -0.3 is 10.6 Å². The molecule has 1 amide bonds. The van der Waals surface area contributed by atoms with Crippen molar-refractivity contribution in [2.45, 2.75) is 57.8 Å². The molecule has 0 atom stereocenters. The first-order chi connectivity index (χ1) is 10.3. The van der Waals surface area contributed by atoms with Gasteiger partial charge in [0.2, 0.25) is 5.91 Å². The third kappa shape index (κ3) is 3.22. The van der Waals surface area contributed by atoms with Gasteiger partial charge in [-0.05, 0) is 42.9 Å². The highest BCUT2D eigenvalue weighted by atomic mass is 16.2. The zero-order valence-corrected chi connectivity index (χ0v) is 12.8. The Balaban J connectivity index is 1.64. The summed E-state index contributed by atoms with van der Waals surface area (Å²) in [6, 6.07) is 5.94. The SMILES string of the molecule is Nc1cccc2c1CCCN2C(=O)CCC1CCCCC1. The van der Waals surface area contributed by atoms with E-state index in [1.807, 2.05) is 23.1 Å². The third-order valence-corrected chi connectivity index (χ3v) is 5.08. The van der Waals surface area contributed by atoms with Crippen LogP contribution >= 0.6 is 0 Å². The molecule has 0 radical (unpaired) electrons. The zero-order valence-electron chi connectivity index (χ0n) is 12.8. The molecule has 21 heavy (non-hydrogen) atoms. The number of amides is 1. The van der Waals surface area contributed by atoms with Crippen molar-refractivity contribution in [2.24, 2.45) is 5.92 Å². The Morgan fingerprint density at radius 3 is 2.81 bits per heavy atom. The molecule has 1 aromatic rings. The average Bonchev–Trinajstić information content (AvgIpc) is 2.53. The van der Waals surface area contributed by atoms with Gasteiger partial charge in [-0.1, -0.05) is 38.2 Å². The number of benzene rings is 1. The van der Waals surface area contributed by atoms with Crippen molar-refractivity contribution in [2.75, 3.05) is 17.2 Å². The maximum atomic E-state index is 12.6. The van der Waals surface area contributed by atoms with Crippen LogP contribution in [0.25, 0.3) is 0 Å². The van der Waals surface area contributed by atoms with Crippen molar-refractivity contribution >= 4 is 17.3 Å². The lowest BCUT2D eigenvalue weighted by Crippen LogP contribution is -2.35. The van der Waals surface area contributed by atoms with E-state index in [0.717, 1.165) is 48.7 Å². The Kier molecular flexibility index (Phi) is 4.47. The summed E-state index contributed by atoms with van der Waals surface area (Å²) < 4.78 is 0. The Morgan fingerprint density at radius 2 is 2.00 bits per heavy atom. The first kappa shape index (κ1) is 14.4. The summed E-state index contributed by atoms with van der Waals surface area (Å²) in [4.78, 5) is 14.6. The summed E-state index contributed by atoms with van der Waals surface area (Å²) in [6.45, 7) is 0.847.